The molecule has 0 spiro atoms. The molecule has 2 aromatic carbocycles. The van der Waals surface area contributed by atoms with Crippen molar-refractivity contribution in [1.82, 2.24) is 0 Å². The maximum atomic E-state index is 9.33. The van der Waals surface area contributed by atoms with E-state index in [9.17, 15) is 5.11 Å². The van der Waals surface area contributed by atoms with Crippen LogP contribution in [0.15, 0.2) is 48.5 Å². The van der Waals surface area contributed by atoms with Crippen LogP contribution in [0.2, 0.25) is 16.6 Å². The van der Waals surface area contributed by atoms with Crippen LogP contribution in [0.1, 0.15) is 64.7 Å². The van der Waals surface area contributed by atoms with Crippen LogP contribution in [0.3, 0.4) is 0 Å². The second-order valence-electron chi connectivity index (χ2n) is 9.15. The molecule has 0 radical (unpaired) electrons. The molecule has 4 heteroatoms. The van der Waals surface area contributed by atoms with Crippen molar-refractivity contribution in [2.45, 2.75) is 84.2 Å². The van der Waals surface area contributed by atoms with Crippen LogP contribution in [-0.4, -0.2) is 20.0 Å². The highest BCUT2D eigenvalue weighted by molar-refractivity contribution is 6.77. The van der Waals surface area contributed by atoms with E-state index in [0.717, 1.165) is 29.7 Å². The molecule has 0 aliphatic rings. The van der Waals surface area contributed by atoms with Crippen molar-refractivity contribution >= 4 is 8.32 Å². The van der Waals surface area contributed by atoms with Gasteiger partial charge in [0.25, 0.3) is 0 Å². The molecule has 0 saturated heterocycles. The normalized spacial score (nSPS) is 12.2. The van der Waals surface area contributed by atoms with E-state index < -0.39 is 8.32 Å². The predicted octanol–water partition coefficient (Wildman–Crippen LogP) is 6.88. The van der Waals surface area contributed by atoms with Crippen LogP contribution in [0, 0.1) is 0 Å². The average Bonchev–Trinajstić information content (AvgIpc) is 2.71. The van der Waals surface area contributed by atoms with Crippen molar-refractivity contribution in [3.05, 3.63) is 65.2 Å². The zero-order valence-electron chi connectivity index (χ0n) is 19.7. The maximum absolute atomic E-state index is 9.33. The molecule has 0 bridgehead atoms. The van der Waals surface area contributed by atoms with E-state index in [2.05, 4.69) is 71.9 Å². The Hall–Kier alpha value is -1.62. The highest BCUT2D eigenvalue weighted by atomic mass is 28.4. The third-order valence-corrected chi connectivity index (χ3v) is 12.2. The van der Waals surface area contributed by atoms with Gasteiger partial charge < -0.3 is 14.3 Å². The Morgan fingerprint density at radius 3 is 2.00 bits per heavy atom. The average molecular weight is 429 g/mol. The molecule has 0 heterocycles. The number of hydrogen-bond acceptors (Lipinski definition) is 3. The minimum atomic E-state index is -1.90. The zero-order chi connectivity index (χ0) is 22.1. The van der Waals surface area contributed by atoms with Gasteiger partial charge in [-0.3, -0.25) is 0 Å². The van der Waals surface area contributed by atoms with Gasteiger partial charge in [0.05, 0.1) is 6.61 Å². The molecule has 30 heavy (non-hydrogen) atoms. The van der Waals surface area contributed by atoms with E-state index in [1.54, 1.807) is 0 Å². The van der Waals surface area contributed by atoms with Gasteiger partial charge in [0, 0.05) is 6.61 Å². The summed E-state index contributed by atoms with van der Waals surface area (Å²) in [4.78, 5) is 0. The molecule has 0 atom stereocenters. The first-order valence-electron chi connectivity index (χ1n) is 11.3. The highest BCUT2D eigenvalue weighted by Gasteiger charge is 2.44. The van der Waals surface area contributed by atoms with Crippen LogP contribution < -0.4 is 4.74 Å². The van der Waals surface area contributed by atoms with Crippen molar-refractivity contribution in [2.75, 3.05) is 6.61 Å². The fourth-order valence-electron chi connectivity index (χ4n) is 4.77. The molecule has 0 aliphatic heterocycles. The number of aliphatic hydroxyl groups excluding tert-OH is 1. The summed E-state index contributed by atoms with van der Waals surface area (Å²) in [7, 11) is -1.90. The molecule has 0 aromatic heterocycles. The van der Waals surface area contributed by atoms with E-state index in [-0.39, 0.29) is 6.61 Å². The van der Waals surface area contributed by atoms with Gasteiger partial charge in [-0.15, -0.1) is 0 Å². The van der Waals surface area contributed by atoms with Crippen molar-refractivity contribution in [3.8, 4) is 5.75 Å². The summed E-state index contributed by atoms with van der Waals surface area (Å²) in [5.41, 5.74) is 5.19. The van der Waals surface area contributed by atoms with Gasteiger partial charge >= 0.3 is 0 Å². The van der Waals surface area contributed by atoms with Gasteiger partial charge in [-0.05, 0) is 58.3 Å². The Bertz CT molecular complexity index is 734. The summed E-state index contributed by atoms with van der Waals surface area (Å²) in [6.45, 7) is 15.3. The van der Waals surface area contributed by atoms with Gasteiger partial charge in [0.1, 0.15) is 12.4 Å². The summed E-state index contributed by atoms with van der Waals surface area (Å²) >= 11 is 0. The van der Waals surface area contributed by atoms with Crippen LogP contribution in [-0.2, 0) is 24.1 Å². The highest BCUT2D eigenvalue weighted by Crippen LogP contribution is 2.42. The zero-order valence-corrected chi connectivity index (χ0v) is 20.7. The first kappa shape index (κ1) is 24.6. The predicted molar refractivity (Wildman–Crippen MR) is 128 cm³/mol. The number of aliphatic hydroxyl groups is 1. The van der Waals surface area contributed by atoms with Gasteiger partial charge in [0.2, 0.25) is 8.32 Å². The Morgan fingerprint density at radius 2 is 1.43 bits per heavy atom. The molecule has 0 aliphatic carbocycles. The van der Waals surface area contributed by atoms with Gasteiger partial charge in [-0.2, -0.15) is 0 Å². The molecule has 2 rings (SSSR count). The minimum absolute atomic E-state index is 0.183. The third kappa shape index (κ3) is 6.19. The van der Waals surface area contributed by atoms with Crippen LogP contribution >= 0.6 is 0 Å². The van der Waals surface area contributed by atoms with E-state index in [0.29, 0.717) is 29.8 Å². The fraction of sp³-hybridized carbons (Fsp3) is 0.538. The van der Waals surface area contributed by atoms with Crippen molar-refractivity contribution in [3.63, 3.8) is 0 Å². The molecule has 166 valence electrons. The summed E-state index contributed by atoms with van der Waals surface area (Å²) < 4.78 is 12.9. The lowest BCUT2D eigenvalue weighted by Gasteiger charge is -2.42. The topological polar surface area (TPSA) is 38.7 Å². The summed E-state index contributed by atoms with van der Waals surface area (Å²) in [6, 6.07) is 16.6. The standard InChI is InChI=1S/C26H40O3Si/c1-20(2)30(21(3)4,22(5)6)29-19-24-14-15-26(25(17-24)13-10-16-27)28-18-23-11-8-7-9-12-23/h7-9,11-12,14-15,17,20-22,27H,10,13,16,18-19H2,1-6H3. The Balaban J connectivity index is 2.18. The number of benzene rings is 2. The van der Waals surface area contributed by atoms with Crippen LogP contribution in [0.5, 0.6) is 5.75 Å². The molecule has 0 unspecified atom stereocenters. The molecule has 0 saturated carbocycles. The lowest BCUT2D eigenvalue weighted by Crippen LogP contribution is -2.47. The quantitative estimate of drug-likeness (QED) is 0.374. The molecule has 0 fully saturated rings. The first-order chi connectivity index (χ1) is 14.3. The second kappa shape index (κ2) is 11.7. The number of hydrogen-bond donors (Lipinski definition) is 1. The molecule has 3 nitrogen and oxygen atoms in total. The minimum Gasteiger partial charge on any atom is -0.489 e. The van der Waals surface area contributed by atoms with Gasteiger partial charge in [-0.1, -0.05) is 77.9 Å². The van der Waals surface area contributed by atoms with Crippen LogP contribution in [0.4, 0.5) is 0 Å². The van der Waals surface area contributed by atoms with Crippen molar-refractivity contribution in [2.24, 2.45) is 0 Å². The van der Waals surface area contributed by atoms with E-state index in [1.807, 2.05) is 18.2 Å². The second-order valence-corrected chi connectivity index (χ2v) is 14.6. The molecular weight excluding hydrogens is 388 g/mol. The molecule has 0 amide bonds. The Morgan fingerprint density at radius 1 is 0.800 bits per heavy atom. The smallest absolute Gasteiger partial charge is 0.200 e. The monoisotopic (exact) mass is 428 g/mol. The van der Waals surface area contributed by atoms with E-state index in [4.69, 9.17) is 9.16 Å². The van der Waals surface area contributed by atoms with Crippen molar-refractivity contribution in [1.29, 1.82) is 0 Å². The summed E-state index contributed by atoms with van der Waals surface area (Å²) in [6.07, 6.45) is 1.53. The number of ether oxygens (including phenoxy) is 1. The Labute approximate surface area is 184 Å². The molecule has 2 aromatic rings. The molecule has 1 N–H and O–H groups in total. The van der Waals surface area contributed by atoms with Gasteiger partial charge in [-0.25, -0.2) is 0 Å². The maximum Gasteiger partial charge on any atom is 0.200 e. The Kier molecular flexibility index (Phi) is 9.60. The molecular formula is C26H40O3Si. The summed E-state index contributed by atoms with van der Waals surface area (Å²) in [5.74, 6) is 0.899. The lowest BCUT2D eigenvalue weighted by molar-refractivity contribution is 0.264. The number of aryl methyl sites for hydroxylation is 1. The largest absolute Gasteiger partial charge is 0.489 e. The van der Waals surface area contributed by atoms with Gasteiger partial charge in [0.15, 0.2) is 0 Å². The summed E-state index contributed by atoms with van der Waals surface area (Å²) in [5, 5.41) is 9.33. The SMILES string of the molecule is CC(C)[Si](OCc1ccc(OCc2ccccc2)c(CCCO)c1)(C(C)C)C(C)C. The number of rotatable bonds is 12. The van der Waals surface area contributed by atoms with Crippen molar-refractivity contribution < 1.29 is 14.3 Å². The van der Waals surface area contributed by atoms with Crippen LogP contribution in [0.25, 0.3) is 0 Å². The van der Waals surface area contributed by atoms with E-state index >= 15 is 0 Å². The lowest BCUT2D eigenvalue weighted by atomic mass is 10.1. The first-order valence-corrected chi connectivity index (χ1v) is 13.5. The fourth-order valence-corrected chi connectivity index (χ4v) is 10.2. The third-order valence-electron chi connectivity index (χ3n) is 6.16. The van der Waals surface area contributed by atoms with E-state index in [1.165, 1.54) is 5.56 Å².